The Labute approximate surface area is 172 Å². The molecule has 9 nitrogen and oxygen atoms in total. The van der Waals surface area contributed by atoms with Crippen molar-refractivity contribution < 1.29 is 4.79 Å². The van der Waals surface area contributed by atoms with E-state index < -0.39 is 0 Å². The summed E-state index contributed by atoms with van der Waals surface area (Å²) >= 11 is 0. The Hall–Kier alpha value is -3.75. The zero-order chi connectivity index (χ0) is 20.5. The fourth-order valence-corrected chi connectivity index (χ4v) is 3.86. The minimum atomic E-state index is -0.121. The maximum Gasteiger partial charge on any atom is 0.346 e. The van der Waals surface area contributed by atoms with Crippen LogP contribution in [0.15, 0.2) is 60.0 Å². The predicted molar refractivity (Wildman–Crippen MR) is 109 cm³/mol. The molecule has 0 fully saturated rings. The molecule has 0 radical (unpaired) electrons. The number of pyridine rings is 2. The van der Waals surface area contributed by atoms with Crippen molar-refractivity contribution in [1.82, 2.24) is 34.0 Å². The Bertz CT molecular complexity index is 1260. The van der Waals surface area contributed by atoms with E-state index in [1.807, 2.05) is 28.8 Å². The van der Waals surface area contributed by atoms with Gasteiger partial charge in [-0.05, 0) is 36.6 Å². The van der Waals surface area contributed by atoms with Crippen LogP contribution in [0.1, 0.15) is 34.6 Å². The second-order valence-corrected chi connectivity index (χ2v) is 7.48. The first-order valence-corrected chi connectivity index (χ1v) is 9.96. The Morgan fingerprint density at radius 1 is 1.20 bits per heavy atom. The van der Waals surface area contributed by atoms with E-state index in [9.17, 15) is 9.59 Å². The third-order valence-electron chi connectivity index (χ3n) is 5.46. The number of amides is 1. The van der Waals surface area contributed by atoms with E-state index in [0.717, 1.165) is 23.5 Å². The van der Waals surface area contributed by atoms with Crippen LogP contribution < -0.4 is 11.0 Å². The number of hydrogen-bond donors (Lipinski definition) is 1. The van der Waals surface area contributed by atoms with Crippen LogP contribution in [-0.2, 0) is 19.5 Å². The van der Waals surface area contributed by atoms with Crippen molar-refractivity contribution in [1.29, 1.82) is 0 Å². The number of carbonyl (C=O) groups is 1. The summed E-state index contributed by atoms with van der Waals surface area (Å²) in [6, 6.07) is 7.36. The van der Waals surface area contributed by atoms with E-state index in [1.165, 1.54) is 4.68 Å². The lowest BCUT2D eigenvalue weighted by Crippen LogP contribution is -2.36. The molecule has 4 aromatic rings. The van der Waals surface area contributed by atoms with Gasteiger partial charge in [-0.2, -0.15) is 5.10 Å². The maximum absolute atomic E-state index is 12.8. The molecule has 0 aromatic carbocycles. The SMILES string of the molecule is O=C(NC1CCc2nn(Cc3cccnc3)c(=O)n2CC1)c1ccc2nccn2c1. The zero-order valence-corrected chi connectivity index (χ0v) is 16.3. The van der Waals surface area contributed by atoms with Crippen LogP contribution >= 0.6 is 0 Å². The van der Waals surface area contributed by atoms with Gasteiger partial charge >= 0.3 is 5.69 Å². The van der Waals surface area contributed by atoms with Gasteiger partial charge in [0.2, 0.25) is 0 Å². The molecule has 1 atom stereocenters. The number of hydrogen-bond acceptors (Lipinski definition) is 5. The normalized spacial score (nSPS) is 16.2. The molecule has 1 N–H and O–H groups in total. The van der Waals surface area contributed by atoms with Crippen molar-refractivity contribution in [2.75, 3.05) is 0 Å². The lowest BCUT2D eigenvalue weighted by molar-refractivity contribution is 0.0932. The van der Waals surface area contributed by atoms with E-state index in [2.05, 4.69) is 20.4 Å². The Kier molecular flexibility index (Phi) is 4.62. The number of nitrogens with one attached hydrogen (secondary N) is 1. The number of aromatic nitrogens is 6. The molecule has 0 saturated heterocycles. The molecule has 0 bridgehead atoms. The number of nitrogens with zero attached hydrogens (tertiary/aromatic N) is 6. The van der Waals surface area contributed by atoms with Gasteiger partial charge in [0.05, 0.1) is 12.1 Å². The van der Waals surface area contributed by atoms with Gasteiger partial charge in [-0.3, -0.25) is 14.3 Å². The summed E-state index contributed by atoms with van der Waals surface area (Å²) in [6.45, 7) is 0.941. The molecule has 4 aromatic heterocycles. The van der Waals surface area contributed by atoms with Crippen molar-refractivity contribution in [2.45, 2.75) is 38.4 Å². The molecule has 0 saturated carbocycles. The topological polar surface area (TPSA) is 99.1 Å². The number of carbonyl (C=O) groups excluding carboxylic acids is 1. The van der Waals surface area contributed by atoms with E-state index in [0.29, 0.717) is 31.5 Å². The summed E-state index contributed by atoms with van der Waals surface area (Å²) in [4.78, 5) is 33.7. The van der Waals surface area contributed by atoms with Crippen LogP contribution in [0.3, 0.4) is 0 Å². The van der Waals surface area contributed by atoms with Gasteiger partial charge in [-0.15, -0.1) is 0 Å². The molecular formula is C21H21N7O2. The molecule has 1 unspecified atom stereocenters. The third-order valence-corrected chi connectivity index (χ3v) is 5.46. The fourth-order valence-electron chi connectivity index (χ4n) is 3.86. The van der Waals surface area contributed by atoms with Crippen LogP contribution in [0, 0.1) is 0 Å². The first kappa shape index (κ1) is 18.3. The highest BCUT2D eigenvalue weighted by atomic mass is 16.2. The first-order valence-electron chi connectivity index (χ1n) is 9.96. The van der Waals surface area contributed by atoms with Gasteiger partial charge < -0.3 is 9.72 Å². The van der Waals surface area contributed by atoms with Crippen LogP contribution in [0.4, 0.5) is 0 Å². The van der Waals surface area contributed by atoms with E-state index in [-0.39, 0.29) is 17.6 Å². The van der Waals surface area contributed by atoms with E-state index in [4.69, 9.17) is 0 Å². The van der Waals surface area contributed by atoms with E-state index >= 15 is 0 Å². The molecular weight excluding hydrogens is 382 g/mol. The molecule has 1 aliphatic rings. The molecule has 5 rings (SSSR count). The first-order chi connectivity index (χ1) is 14.7. The average Bonchev–Trinajstić information content (AvgIpc) is 3.29. The molecule has 5 heterocycles. The lowest BCUT2D eigenvalue weighted by Gasteiger charge is -2.16. The van der Waals surface area contributed by atoms with Crippen LogP contribution in [0.2, 0.25) is 0 Å². The quantitative estimate of drug-likeness (QED) is 0.553. The molecule has 30 heavy (non-hydrogen) atoms. The largest absolute Gasteiger partial charge is 0.349 e. The highest BCUT2D eigenvalue weighted by Gasteiger charge is 2.22. The van der Waals surface area contributed by atoms with Gasteiger partial charge in [0.1, 0.15) is 11.5 Å². The van der Waals surface area contributed by atoms with Crippen molar-refractivity contribution in [2.24, 2.45) is 0 Å². The van der Waals surface area contributed by atoms with Crippen molar-refractivity contribution in [3.05, 3.63) is 82.7 Å². The molecule has 0 spiro atoms. The van der Waals surface area contributed by atoms with Crippen LogP contribution in [0.25, 0.3) is 5.65 Å². The number of imidazole rings is 1. The molecule has 0 aliphatic carbocycles. The van der Waals surface area contributed by atoms with Crippen LogP contribution in [-0.4, -0.2) is 40.7 Å². The Balaban J connectivity index is 1.27. The third kappa shape index (κ3) is 3.49. The summed E-state index contributed by atoms with van der Waals surface area (Å²) < 4.78 is 5.04. The lowest BCUT2D eigenvalue weighted by atomic mass is 10.1. The summed E-state index contributed by atoms with van der Waals surface area (Å²) in [6.07, 6.45) is 10.8. The number of fused-ring (bicyclic) bond motifs is 2. The highest BCUT2D eigenvalue weighted by Crippen LogP contribution is 2.14. The Morgan fingerprint density at radius 3 is 3.00 bits per heavy atom. The van der Waals surface area contributed by atoms with Gasteiger partial charge in [0.25, 0.3) is 5.91 Å². The number of aryl methyl sites for hydroxylation is 1. The van der Waals surface area contributed by atoms with Gasteiger partial charge in [-0.1, -0.05) is 6.07 Å². The maximum atomic E-state index is 12.8. The molecule has 152 valence electrons. The van der Waals surface area contributed by atoms with Crippen molar-refractivity contribution in [3.63, 3.8) is 0 Å². The highest BCUT2D eigenvalue weighted by molar-refractivity contribution is 5.94. The minimum absolute atomic E-state index is 0.0103. The fraction of sp³-hybridized carbons (Fsp3) is 0.286. The van der Waals surface area contributed by atoms with E-state index in [1.54, 1.807) is 35.4 Å². The van der Waals surface area contributed by atoms with Crippen molar-refractivity contribution in [3.8, 4) is 0 Å². The standard InChI is InChI=1S/C21H21N7O2/c29-20(16-3-5-18-23-9-11-26(18)14-16)24-17-4-6-19-25-28(21(30)27(19)10-7-17)13-15-2-1-8-22-12-15/h1-3,5,8-9,11-12,14,17H,4,6-7,10,13H2,(H,24,29). The Morgan fingerprint density at radius 2 is 2.13 bits per heavy atom. The zero-order valence-electron chi connectivity index (χ0n) is 16.3. The van der Waals surface area contributed by atoms with Gasteiger partial charge in [0, 0.05) is 50.0 Å². The van der Waals surface area contributed by atoms with Crippen molar-refractivity contribution >= 4 is 11.6 Å². The molecule has 9 heteroatoms. The minimum Gasteiger partial charge on any atom is -0.349 e. The van der Waals surface area contributed by atoms with Gasteiger partial charge in [0.15, 0.2) is 0 Å². The summed E-state index contributed by atoms with van der Waals surface area (Å²) in [5.74, 6) is 0.643. The monoisotopic (exact) mass is 403 g/mol. The predicted octanol–water partition coefficient (Wildman–Crippen LogP) is 1.27. The summed E-state index contributed by atoms with van der Waals surface area (Å²) in [7, 11) is 0. The summed E-state index contributed by atoms with van der Waals surface area (Å²) in [5.41, 5.74) is 2.20. The number of rotatable bonds is 4. The van der Waals surface area contributed by atoms with Gasteiger partial charge in [-0.25, -0.2) is 14.5 Å². The molecule has 1 aliphatic heterocycles. The second kappa shape index (κ2) is 7.58. The van der Waals surface area contributed by atoms with Crippen LogP contribution in [0.5, 0.6) is 0 Å². The summed E-state index contributed by atoms with van der Waals surface area (Å²) in [5, 5.41) is 7.62. The average molecular weight is 403 g/mol. The molecule has 1 amide bonds. The second-order valence-electron chi connectivity index (χ2n) is 7.48. The smallest absolute Gasteiger partial charge is 0.346 e.